The first kappa shape index (κ1) is 12.1. The van der Waals surface area contributed by atoms with E-state index in [4.69, 9.17) is 5.11 Å². The molecule has 1 heterocycles. The van der Waals surface area contributed by atoms with Gasteiger partial charge >= 0.3 is 5.97 Å². The van der Waals surface area contributed by atoms with E-state index in [2.05, 4.69) is 11.9 Å². The number of carboxylic acid groups (broad SMARTS) is 1. The Hall–Kier alpha value is -1.38. The third kappa shape index (κ3) is 2.48. The van der Waals surface area contributed by atoms with Crippen molar-refractivity contribution in [2.24, 2.45) is 5.92 Å². The van der Waals surface area contributed by atoms with Crippen LogP contribution in [0.4, 0.5) is 0 Å². The van der Waals surface area contributed by atoms with Crippen molar-refractivity contribution in [2.75, 3.05) is 0 Å². The molecule has 0 radical (unpaired) electrons. The van der Waals surface area contributed by atoms with E-state index < -0.39 is 5.97 Å². The standard InChI is InChI=1S/C14H19NO2/c1-3-4-10-5-6-13-11(7-10)8-12(14(16)17)9(2)15-13/h8,10H,3-7H2,1-2H3,(H,16,17). The molecular weight excluding hydrogens is 214 g/mol. The lowest BCUT2D eigenvalue weighted by Gasteiger charge is -2.24. The predicted molar refractivity (Wildman–Crippen MR) is 66.4 cm³/mol. The van der Waals surface area contributed by atoms with Gasteiger partial charge in [0.1, 0.15) is 0 Å². The first-order valence-corrected chi connectivity index (χ1v) is 6.34. The van der Waals surface area contributed by atoms with Gasteiger partial charge in [0.05, 0.1) is 11.3 Å². The predicted octanol–water partition coefficient (Wildman–Crippen LogP) is 2.99. The molecule has 1 aliphatic rings. The van der Waals surface area contributed by atoms with Crippen molar-refractivity contribution in [2.45, 2.75) is 46.0 Å². The molecule has 0 saturated heterocycles. The van der Waals surface area contributed by atoms with Gasteiger partial charge in [-0.2, -0.15) is 0 Å². The number of pyridine rings is 1. The molecule has 1 aromatic heterocycles. The maximum Gasteiger partial charge on any atom is 0.337 e. The maximum absolute atomic E-state index is 11.1. The number of rotatable bonds is 3. The summed E-state index contributed by atoms with van der Waals surface area (Å²) in [5, 5.41) is 9.10. The SMILES string of the molecule is CCCC1CCc2nc(C)c(C(=O)O)cc2C1. The molecule has 1 atom stereocenters. The number of hydrogen-bond donors (Lipinski definition) is 1. The van der Waals surface area contributed by atoms with Gasteiger partial charge in [0.25, 0.3) is 0 Å². The molecule has 1 unspecified atom stereocenters. The number of fused-ring (bicyclic) bond motifs is 1. The van der Waals surface area contributed by atoms with Crippen molar-refractivity contribution < 1.29 is 9.90 Å². The van der Waals surface area contributed by atoms with E-state index in [1.165, 1.54) is 19.3 Å². The van der Waals surface area contributed by atoms with Crippen LogP contribution in [-0.4, -0.2) is 16.1 Å². The number of aryl methyl sites for hydroxylation is 2. The van der Waals surface area contributed by atoms with Gasteiger partial charge in [-0.25, -0.2) is 4.79 Å². The molecule has 1 aromatic rings. The van der Waals surface area contributed by atoms with Crippen molar-refractivity contribution in [1.29, 1.82) is 0 Å². The molecule has 0 bridgehead atoms. The van der Waals surface area contributed by atoms with Crippen LogP contribution >= 0.6 is 0 Å². The minimum absolute atomic E-state index is 0.362. The van der Waals surface area contributed by atoms with Crippen molar-refractivity contribution in [3.05, 3.63) is 28.6 Å². The van der Waals surface area contributed by atoms with Gasteiger partial charge < -0.3 is 5.11 Å². The van der Waals surface area contributed by atoms with Crippen molar-refractivity contribution in [1.82, 2.24) is 4.98 Å². The molecule has 0 amide bonds. The quantitative estimate of drug-likeness (QED) is 0.873. The lowest BCUT2D eigenvalue weighted by atomic mass is 9.83. The van der Waals surface area contributed by atoms with Crippen LogP contribution in [0.2, 0.25) is 0 Å². The van der Waals surface area contributed by atoms with Gasteiger partial charge in [-0.05, 0) is 43.7 Å². The average Bonchev–Trinajstić information content (AvgIpc) is 2.28. The number of aromatic nitrogens is 1. The fraction of sp³-hybridized carbons (Fsp3) is 0.571. The molecule has 0 spiro atoms. The van der Waals surface area contributed by atoms with Crippen LogP contribution in [0.25, 0.3) is 0 Å². The number of nitrogens with zero attached hydrogens (tertiary/aromatic N) is 1. The molecule has 3 nitrogen and oxygen atoms in total. The van der Waals surface area contributed by atoms with Crippen LogP contribution < -0.4 is 0 Å². The number of carboxylic acids is 1. The third-order valence-electron chi connectivity index (χ3n) is 3.61. The number of aromatic carboxylic acids is 1. The lowest BCUT2D eigenvalue weighted by molar-refractivity contribution is 0.0695. The Morgan fingerprint density at radius 1 is 1.59 bits per heavy atom. The lowest BCUT2D eigenvalue weighted by Crippen LogP contribution is -2.17. The Morgan fingerprint density at radius 2 is 2.35 bits per heavy atom. The fourth-order valence-electron chi connectivity index (χ4n) is 2.71. The molecule has 0 aliphatic heterocycles. The largest absolute Gasteiger partial charge is 0.478 e. The Labute approximate surface area is 102 Å². The van der Waals surface area contributed by atoms with Crippen molar-refractivity contribution >= 4 is 5.97 Å². The normalized spacial score (nSPS) is 18.8. The van der Waals surface area contributed by atoms with E-state index in [9.17, 15) is 4.79 Å². The zero-order chi connectivity index (χ0) is 12.4. The highest BCUT2D eigenvalue weighted by molar-refractivity contribution is 5.89. The Balaban J connectivity index is 2.30. The van der Waals surface area contributed by atoms with Gasteiger partial charge in [-0.15, -0.1) is 0 Å². The summed E-state index contributed by atoms with van der Waals surface area (Å²) in [7, 11) is 0. The fourth-order valence-corrected chi connectivity index (χ4v) is 2.71. The summed E-state index contributed by atoms with van der Waals surface area (Å²) in [5.74, 6) is -0.158. The summed E-state index contributed by atoms with van der Waals surface area (Å²) >= 11 is 0. The van der Waals surface area contributed by atoms with E-state index in [1.54, 1.807) is 6.92 Å². The molecule has 1 N–H and O–H groups in total. The molecular formula is C14H19NO2. The van der Waals surface area contributed by atoms with Crippen LogP contribution in [0, 0.1) is 12.8 Å². The highest BCUT2D eigenvalue weighted by Gasteiger charge is 2.21. The number of hydrogen-bond acceptors (Lipinski definition) is 2. The molecule has 2 rings (SSSR count). The zero-order valence-electron chi connectivity index (χ0n) is 10.5. The van der Waals surface area contributed by atoms with E-state index in [0.717, 1.165) is 24.1 Å². The van der Waals surface area contributed by atoms with Crippen LogP contribution in [0.1, 0.15) is 53.5 Å². The minimum atomic E-state index is -0.865. The monoisotopic (exact) mass is 233 g/mol. The second-order valence-electron chi connectivity index (χ2n) is 4.93. The second-order valence-corrected chi connectivity index (χ2v) is 4.93. The summed E-state index contributed by atoms with van der Waals surface area (Å²) in [6.07, 6.45) is 5.62. The second kappa shape index (κ2) is 4.86. The van der Waals surface area contributed by atoms with Crippen LogP contribution in [0.5, 0.6) is 0 Å². The van der Waals surface area contributed by atoms with Crippen molar-refractivity contribution in [3.8, 4) is 0 Å². The summed E-state index contributed by atoms with van der Waals surface area (Å²) < 4.78 is 0. The molecule has 17 heavy (non-hydrogen) atoms. The summed E-state index contributed by atoms with van der Waals surface area (Å²) in [4.78, 5) is 15.5. The Morgan fingerprint density at radius 3 is 3.00 bits per heavy atom. The topological polar surface area (TPSA) is 50.2 Å². The highest BCUT2D eigenvalue weighted by Crippen LogP contribution is 2.28. The van der Waals surface area contributed by atoms with Crippen molar-refractivity contribution in [3.63, 3.8) is 0 Å². The van der Waals surface area contributed by atoms with Gasteiger partial charge in [0.15, 0.2) is 0 Å². The van der Waals surface area contributed by atoms with Crippen LogP contribution in [0.3, 0.4) is 0 Å². The molecule has 0 fully saturated rings. The third-order valence-corrected chi connectivity index (χ3v) is 3.61. The molecule has 0 aromatic carbocycles. The first-order chi connectivity index (χ1) is 8.11. The van der Waals surface area contributed by atoms with Gasteiger partial charge in [-0.3, -0.25) is 4.98 Å². The summed E-state index contributed by atoms with van der Waals surface area (Å²) in [6.45, 7) is 3.98. The van der Waals surface area contributed by atoms with Gasteiger partial charge in [0, 0.05) is 5.69 Å². The van der Waals surface area contributed by atoms with E-state index >= 15 is 0 Å². The first-order valence-electron chi connectivity index (χ1n) is 6.34. The number of carbonyl (C=O) groups is 1. The van der Waals surface area contributed by atoms with Gasteiger partial charge in [0.2, 0.25) is 0 Å². The van der Waals surface area contributed by atoms with E-state index in [1.807, 2.05) is 6.07 Å². The molecule has 92 valence electrons. The van der Waals surface area contributed by atoms with E-state index in [0.29, 0.717) is 17.2 Å². The summed E-state index contributed by atoms with van der Waals surface area (Å²) in [5.41, 5.74) is 3.27. The average molecular weight is 233 g/mol. The van der Waals surface area contributed by atoms with E-state index in [-0.39, 0.29) is 0 Å². The molecule has 1 aliphatic carbocycles. The zero-order valence-corrected chi connectivity index (χ0v) is 10.5. The maximum atomic E-state index is 11.1. The Bertz CT molecular complexity index is 440. The molecule has 0 saturated carbocycles. The Kier molecular flexibility index (Phi) is 3.46. The van der Waals surface area contributed by atoms with Crippen LogP contribution in [0.15, 0.2) is 6.07 Å². The van der Waals surface area contributed by atoms with Crippen LogP contribution in [-0.2, 0) is 12.8 Å². The summed E-state index contributed by atoms with van der Waals surface area (Å²) in [6, 6.07) is 1.84. The minimum Gasteiger partial charge on any atom is -0.478 e. The molecule has 3 heteroatoms. The van der Waals surface area contributed by atoms with Gasteiger partial charge in [-0.1, -0.05) is 19.8 Å². The smallest absolute Gasteiger partial charge is 0.337 e. The highest BCUT2D eigenvalue weighted by atomic mass is 16.4.